The van der Waals surface area contributed by atoms with Gasteiger partial charge in [-0.2, -0.15) is 0 Å². The van der Waals surface area contributed by atoms with Crippen molar-refractivity contribution < 1.29 is 38.5 Å². The zero-order valence-corrected chi connectivity index (χ0v) is 29.7. The van der Waals surface area contributed by atoms with E-state index in [4.69, 9.17) is 14.2 Å². The summed E-state index contributed by atoms with van der Waals surface area (Å²) in [6.07, 6.45) is 6.28. The van der Waals surface area contributed by atoms with E-state index in [1.807, 2.05) is 103 Å². The third-order valence-corrected chi connectivity index (χ3v) is 10.7. The minimum Gasteiger partial charge on any atom is -0.455 e. The number of nitrogens with zero attached hydrogens (tertiary/aromatic N) is 2. The van der Waals surface area contributed by atoms with Crippen molar-refractivity contribution in [1.29, 1.82) is 0 Å². The summed E-state index contributed by atoms with van der Waals surface area (Å²) in [6.45, 7) is 0.0740. The molecule has 0 aromatic heterocycles. The highest BCUT2D eigenvalue weighted by molar-refractivity contribution is 5.99. The molecule has 0 saturated carbocycles. The average molecular weight is 720 g/mol. The number of benzene rings is 3. The van der Waals surface area contributed by atoms with Crippen LogP contribution in [0.4, 0.5) is 0 Å². The van der Waals surface area contributed by atoms with Gasteiger partial charge in [0.05, 0.1) is 37.3 Å². The summed E-state index contributed by atoms with van der Waals surface area (Å²) < 4.78 is 18.5. The van der Waals surface area contributed by atoms with Crippen LogP contribution in [0.2, 0.25) is 0 Å². The number of carbonyl (C=O) groups is 4. The topological polar surface area (TPSA) is 135 Å². The predicted octanol–water partition coefficient (Wildman–Crippen LogP) is 3.54. The number of nitrogens with one attached hydrogen (secondary N) is 1. The first-order chi connectivity index (χ1) is 25.8. The van der Waals surface area contributed by atoms with E-state index in [0.717, 1.165) is 11.1 Å². The minimum atomic E-state index is -1.48. The molecule has 2 saturated heterocycles. The van der Waals surface area contributed by atoms with Crippen LogP contribution in [-0.4, -0.2) is 95.3 Å². The second-order valence-corrected chi connectivity index (χ2v) is 14.1. The molecule has 8 atom stereocenters. The number of aliphatic hydroxyl groups is 1. The SMILES string of the molecule is COC[C@@H]1NC(=O)CC/C=C\CN(Cc2ccccc2)C(=O)[C@H]2N([C@@H](CO)Cc3ccccc3)C(=O)[C@@H]3[C@@H](C(=O)O[C@H]1c1ccccc1)[C@H]1C=C[C@]32O1. The number of rotatable bonds is 9. The van der Waals surface area contributed by atoms with Gasteiger partial charge in [-0.1, -0.05) is 115 Å². The summed E-state index contributed by atoms with van der Waals surface area (Å²) in [5.74, 6) is -3.95. The molecule has 53 heavy (non-hydrogen) atoms. The van der Waals surface area contributed by atoms with E-state index in [-0.39, 0.29) is 44.4 Å². The van der Waals surface area contributed by atoms with Gasteiger partial charge < -0.3 is 34.4 Å². The molecule has 3 aromatic rings. The van der Waals surface area contributed by atoms with Crippen molar-refractivity contribution in [3.63, 3.8) is 0 Å². The summed E-state index contributed by atoms with van der Waals surface area (Å²) in [5, 5.41) is 13.9. The van der Waals surface area contributed by atoms with Crippen molar-refractivity contribution in [3.8, 4) is 0 Å². The van der Waals surface area contributed by atoms with Gasteiger partial charge in [0.2, 0.25) is 17.7 Å². The maximum absolute atomic E-state index is 15.1. The van der Waals surface area contributed by atoms with Crippen LogP contribution in [0, 0.1) is 11.8 Å². The number of fused-ring (bicyclic) bond motifs is 2. The zero-order valence-electron chi connectivity index (χ0n) is 29.7. The van der Waals surface area contributed by atoms with Crippen molar-refractivity contribution in [2.75, 3.05) is 26.9 Å². The number of aliphatic hydroxyl groups excluding tert-OH is 1. The Morgan fingerprint density at radius 2 is 1.58 bits per heavy atom. The summed E-state index contributed by atoms with van der Waals surface area (Å²) >= 11 is 0. The summed E-state index contributed by atoms with van der Waals surface area (Å²) in [4.78, 5) is 61.1. The molecule has 1 spiro atoms. The van der Waals surface area contributed by atoms with Crippen LogP contribution in [0.1, 0.15) is 35.6 Å². The molecule has 0 unspecified atom stereocenters. The Morgan fingerprint density at radius 1 is 0.906 bits per heavy atom. The van der Waals surface area contributed by atoms with E-state index in [2.05, 4.69) is 5.32 Å². The Bertz CT molecular complexity index is 1840. The lowest BCUT2D eigenvalue weighted by molar-refractivity contribution is -0.163. The molecule has 2 fully saturated rings. The number of likely N-dealkylation sites (tertiary alicyclic amines) is 1. The van der Waals surface area contributed by atoms with Gasteiger partial charge in [-0.25, -0.2) is 0 Å². The first-order valence-electron chi connectivity index (χ1n) is 18.2. The average Bonchev–Trinajstić information content (AvgIpc) is 3.83. The van der Waals surface area contributed by atoms with Gasteiger partial charge in [0.15, 0.2) is 0 Å². The highest BCUT2D eigenvalue weighted by atomic mass is 16.6. The Labute approximate surface area is 309 Å². The number of ether oxygens (including phenoxy) is 3. The molecule has 4 heterocycles. The van der Waals surface area contributed by atoms with Gasteiger partial charge >= 0.3 is 5.97 Å². The fourth-order valence-electron chi connectivity index (χ4n) is 8.32. The van der Waals surface area contributed by atoms with Gasteiger partial charge in [-0.05, 0) is 29.5 Å². The molecule has 0 aliphatic carbocycles. The maximum atomic E-state index is 15.1. The van der Waals surface area contributed by atoms with Gasteiger partial charge in [0, 0.05) is 26.6 Å². The molecule has 4 aliphatic rings. The summed E-state index contributed by atoms with van der Waals surface area (Å²) in [5.41, 5.74) is 0.925. The molecule has 4 aliphatic heterocycles. The maximum Gasteiger partial charge on any atom is 0.313 e. The number of hydrogen-bond acceptors (Lipinski definition) is 8. The molecule has 5 bridgehead atoms. The van der Waals surface area contributed by atoms with E-state index in [0.29, 0.717) is 12.0 Å². The predicted molar refractivity (Wildman–Crippen MR) is 195 cm³/mol. The van der Waals surface area contributed by atoms with E-state index >= 15 is 4.79 Å². The first kappa shape index (κ1) is 36.3. The third-order valence-electron chi connectivity index (χ3n) is 10.7. The number of hydrogen-bond donors (Lipinski definition) is 2. The lowest BCUT2D eigenvalue weighted by Gasteiger charge is -2.39. The molecule has 0 radical (unpaired) electrons. The van der Waals surface area contributed by atoms with Crippen molar-refractivity contribution in [2.24, 2.45) is 11.8 Å². The standard InChI is InChI=1S/C42H45N3O8/c1-51-27-32-37(30-18-10-4-11-19-30)52-41(50)35-33-21-22-42(53-33)36(35)39(48)45(31(26-46)24-28-14-6-2-7-15-28)38(42)40(49)44(25-29-16-8-3-9-17-29)23-13-5-12-20-34(47)43-32/h2-11,13-19,21-22,31-33,35-38,46H,12,20,23-27H2,1H3,(H,43,47)/b13-5-/t31-,32+,33-,35+,36+,37+,38-,42+/m1/s1. The highest BCUT2D eigenvalue weighted by Gasteiger charge is 2.74. The largest absolute Gasteiger partial charge is 0.455 e. The Balaban J connectivity index is 1.33. The molecule has 2 N–H and O–H groups in total. The third kappa shape index (κ3) is 7.16. The molecular weight excluding hydrogens is 674 g/mol. The number of methoxy groups -OCH3 is 1. The van der Waals surface area contributed by atoms with Crippen molar-refractivity contribution in [3.05, 3.63) is 132 Å². The van der Waals surface area contributed by atoms with Gasteiger partial charge in [0.1, 0.15) is 23.7 Å². The Morgan fingerprint density at radius 3 is 2.26 bits per heavy atom. The molecule has 276 valence electrons. The first-order valence-corrected chi connectivity index (χ1v) is 18.2. The molecule has 11 heteroatoms. The van der Waals surface area contributed by atoms with Gasteiger partial charge in [0.25, 0.3) is 0 Å². The van der Waals surface area contributed by atoms with Gasteiger partial charge in [-0.3, -0.25) is 19.2 Å². The van der Waals surface area contributed by atoms with Crippen molar-refractivity contribution in [1.82, 2.24) is 15.1 Å². The van der Waals surface area contributed by atoms with E-state index in [1.54, 1.807) is 17.1 Å². The Hall–Kier alpha value is -5.10. The fraction of sp³-hybridized carbons (Fsp3) is 0.381. The van der Waals surface area contributed by atoms with Crippen LogP contribution in [0.5, 0.6) is 0 Å². The highest BCUT2D eigenvalue weighted by Crippen LogP contribution is 2.56. The van der Waals surface area contributed by atoms with Crippen LogP contribution in [0.15, 0.2) is 115 Å². The normalized spacial score (nSPS) is 29.8. The van der Waals surface area contributed by atoms with Crippen molar-refractivity contribution >= 4 is 23.7 Å². The van der Waals surface area contributed by atoms with Crippen molar-refractivity contribution in [2.45, 2.75) is 61.7 Å². The van der Waals surface area contributed by atoms with Crippen LogP contribution in [0.3, 0.4) is 0 Å². The molecular formula is C42H45N3O8. The van der Waals surface area contributed by atoms with Crippen LogP contribution in [-0.2, 0) is 46.4 Å². The molecule has 11 nitrogen and oxygen atoms in total. The number of amides is 3. The second-order valence-electron chi connectivity index (χ2n) is 14.1. The number of carbonyl (C=O) groups excluding carboxylic acids is 4. The molecule has 3 aromatic carbocycles. The van der Waals surface area contributed by atoms with E-state index in [9.17, 15) is 19.5 Å². The number of cyclic esters (lactones) is 1. The summed E-state index contributed by atoms with van der Waals surface area (Å²) in [7, 11) is 1.51. The Kier molecular flexibility index (Phi) is 10.9. The van der Waals surface area contributed by atoms with Crippen LogP contribution >= 0.6 is 0 Å². The zero-order chi connectivity index (χ0) is 37.0. The van der Waals surface area contributed by atoms with E-state index in [1.165, 1.54) is 12.0 Å². The fourth-order valence-corrected chi connectivity index (χ4v) is 8.32. The quantitative estimate of drug-likeness (QED) is 0.254. The van der Waals surface area contributed by atoms with Crippen LogP contribution < -0.4 is 5.32 Å². The molecule has 3 amide bonds. The molecule has 7 rings (SSSR count). The van der Waals surface area contributed by atoms with Gasteiger partial charge in [-0.15, -0.1) is 0 Å². The smallest absolute Gasteiger partial charge is 0.313 e. The second kappa shape index (κ2) is 15.9. The minimum absolute atomic E-state index is 0.0572. The van der Waals surface area contributed by atoms with E-state index < -0.39 is 66.3 Å². The number of allylic oxidation sites excluding steroid dienone is 1. The van der Waals surface area contributed by atoms with Crippen LogP contribution in [0.25, 0.3) is 0 Å². The lowest BCUT2D eigenvalue weighted by Crippen LogP contribution is -2.58. The monoisotopic (exact) mass is 719 g/mol. The number of esters is 1. The lowest BCUT2D eigenvalue weighted by atomic mass is 9.74. The summed E-state index contributed by atoms with van der Waals surface area (Å²) in [6, 6.07) is 25.4.